The molecule has 0 unspecified atom stereocenters. The molecule has 0 amide bonds. The van der Waals surface area contributed by atoms with Crippen molar-refractivity contribution in [2.75, 3.05) is 25.6 Å². The molecule has 0 radical (unpaired) electrons. The lowest BCUT2D eigenvalue weighted by Crippen LogP contribution is -2.25. The molecule has 1 rings (SSSR count). The third-order valence-electron chi connectivity index (χ3n) is 2.74. The Hall–Kier alpha value is -0.880. The summed E-state index contributed by atoms with van der Waals surface area (Å²) in [5.41, 5.74) is -0.192. The summed E-state index contributed by atoms with van der Waals surface area (Å²) in [4.78, 5) is 8.50. The molecular formula is C13H22BrN3O2. The molecule has 1 aromatic heterocycles. The number of aromatic nitrogens is 2. The molecule has 1 aromatic rings. The first-order valence-corrected chi connectivity index (χ1v) is 7.22. The van der Waals surface area contributed by atoms with Crippen LogP contribution in [0.1, 0.15) is 33.6 Å². The zero-order valence-electron chi connectivity index (χ0n) is 12.0. The molecule has 0 aliphatic rings. The van der Waals surface area contributed by atoms with Crippen molar-refractivity contribution in [1.82, 2.24) is 9.97 Å². The molecule has 0 saturated carbocycles. The molecule has 0 aliphatic heterocycles. The van der Waals surface area contributed by atoms with E-state index in [4.69, 9.17) is 9.47 Å². The van der Waals surface area contributed by atoms with Crippen LogP contribution in [0.2, 0.25) is 0 Å². The van der Waals surface area contributed by atoms with E-state index in [2.05, 4.69) is 38.1 Å². The van der Waals surface area contributed by atoms with Crippen LogP contribution in [-0.4, -0.2) is 35.8 Å². The Balaban J connectivity index is 2.57. The molecule has 0 aliphatic carbocycles. The Labute approximate surface area is 123 Å². The molecule has 0 spiro atoms. The van der Waals surface area contributed by atoms with Gasteiger partial charge in [0.05, 0.1) is 22.9 Å². The molecule has 1 N–H and O–H groups in total. The van der Waals surface area contributed by atoms with E-state index in [9.17, 15) is 0 Å². The molecule has 0 bridgehead atoms. The lowest BCUT2D eigenvalue weighted by molar-refractivity contribution is 0.00502. The van der Waals surface area contributed by atoms with Gasteiger partial charge in [-0.15, -0.1) is 0 Å². The zero-order chi connectivity index (χ0) is 14.3. The van der Waals surface area contributed by atoms with E-state index in [1.165, 1.54) is 0 Å². The smallest absolute Gasteiger partial charge is 0.232 e. The second kappa shape index (κ2) is 7.65. The number of nitrogens with zero attached hydrogens (tertiary/aromatic N) is 2. The maximum absolute atomic E-state index is 5.68. The Kier molecular flexibility index (Phi) is 6.51. The summed E-state index contributed by atoms with van der Waals surface area (Å²) in [6, 6.07) is 0. The zero-order valence-corrected chi connectivity index (χ0v) is 13.6. The van der Waals surface area contributed by atoms with Crippen LogP contribution in [0.3, 0.4) is 0 Å². The molecule has 0 atom stereocenters. The van der Waals surface area contributed by atoms with E-state index < -0.39 is 0 Å². The Morgan fingerprint density at radius 3 is 2.79 bits per heavy atom. The third kappa shape index (κ3) is 5.74. The van der Waals surface area contributed by atoms with Gasteiger partial charge in [0.1, 0.15) is 0 Å². The number of ether oxygens (including phenoxy) is 2. The molecule has 1 heterocycles. The number of hydrogen-bond acceptors (Lipinski definition) is 5. The van der Waals surface area contributed by atoms with Crippen LogP contribution in [0, 0.1) is 0 Å². The van der Waals surface area contributed by atoms with Gasteiger partial charge in [0.15, 0.2) is 0 Å². The van der Waals surface area contributed by atoms with E-state index >= 15 is 0 Å². The van der Waals surface area contributed by atoms with E-state index in [1.807, 2.05) is 13.8 Å². The summed E-state index contributed by atoms with van der Waals surface area (Å²) in [6.07, 6.45) is 3.51. The number of hydrogen-bond donors (Lipinski definition) is 1. The molecule has 108 valence electrons. The first kappa shape index (κ1) is 16.2. The fourth-order valence-corrected chi connectivity index (χ4v) is 1.58. The van der Waals surface area contributed by atoms with Crippen LogP contribution in [0.25, 0.3) is 0 Å². The number of halogens is 1. The van der Waals surface area contributed by atoms with Gasteiger partial charge >= 0.3 is 0 Å². The third-order valence-corrected chi connectivity index (χ3v) is 3.28. The molecule has 19 heavy (non-hydrogen) atoms. The summed E-state index contributed by atoms with van der Waals surface area (Å²) in [5.74, 6) is 1.14. The predicted molar refractivity (Wildman–Crippen MR) is 79.7 cm³/mol. The molecule has 0 aromatic carbocycles. The minimum Gasteiger partial charge on any atom is -0.477 e. The van der Waals surface area contributed by atoms with Crippen molar-refractivity contribution in [1.29, 1.82) is 0 Å². The van der Waals surface area contributed by atoms with Crippen LogP contribution in [-0.2, 0) is 4.74 Å². The monoisotopic (exact) mass is 331 g/mol. The first-order valence-electron chi connectivity index (χ1n) is 6.43. The summed E-state index contributed by atoms with van der Waals surface area (Å²) < 4.78 is 11.8. The molecular weight excluding hydrogens is 310 g/mol. The van der Waals surface area contributed by atoms with Gasteiger partial charge in [-0.3, -0.25) is 0 Å². The Morgan fingerprint density at radius 2 is 2.16 bits per heavy atom. The first-order chi connectivity index (χ1) is 8.98. The molecule has 0 fully saturated rings. The lowest BCUT2D eigenvalue weighted by atomic mass is 10.1. The van der Waals surface area contributed by atoms with E-state index in [0.29, 0.717) is 18.4 Å². The molecule has 6 heteroatoms. The quantitative estimate of drug-likeness (QED) is 0.792. The topological polar surface area (TPSA) is 56.3 Å². The number of rotatable bonds is 8. The highest BCUT2D eigenvalue weighted by molar-refractivity contribution is 9.10. The van der Waals surface area contributed by atoms with Gasteiger partial charge < -0.3 is 14.8 Å². The highest BCUT2D eigenvalue weighted by Crippen LogP contribution is 2.23. The normalized spacial score (nSPS) is 11.4. The summed E-state index contributed by atoms with van der Waals surface area (Å²) >= 11 is 3.39. The van der Waals surface area contributed by atoms with Crippen molar-refractivity contribution in [3.8, 4) is 5.88 Å². The maximum Gasteiger partial charge on any atom is 0.232 e. The van der Waals surface area contributed by atoms with Crippen molar-refractivity contribution in [2.24, 2.45) is 0 Å². The Morgan fingerprint density at radius 1 is 1.42 bits per heavy atom. The summed E-state index contributed by atoms with van der Waals surface area (Å²) in [5, 5.41) is 3.13. The minimum absolute atomic E-state index is 0.192. The SMILES string of the molecule is CCCNc1ncc(Br)c(OCCC(C)(C)OC)n1. The van der Waals surface area contributed by atoms with E-state index in [0.717, 1.165) is 23.9 Å². The van der Waals surface area contributed by atoms with Gasteiger partial charge in [0, 0.05) is 20.1 Å². The highest BCUT2D eigenvalue weighted by Gasteiger charge is 2.16. The second-order valence-corrected chi connectivity index (χ2v) is 5.69. The van der Waals surface area contributed by atoms with Crippen molar-refractivity contribution in [3.05, 3.63) is 10.7 Å². The molecule has 5 nitrogen and oxygen atoms in total. The standard InChI is InChI=1S/C13H22BrN3O2/c1-5-7-15-12-16-9-10(14)11(17-12)19-8-6-13(2,3)18-4/h9H,5-8H2,1-4H3,(H,15,16,17). The second-order valence-electron chi connectivity index (χ2n) is 4.84. The Bertz CT molecular complexity index is 399. The van der Waals surface area contributed by atoms with Crippen LogP contribution in [0.5, 0.6) is 5.88 Å². The predicted octanol–water partition coefficient (Wildman–Crippen LogP) is 3.25. The fourth-order valence-electron chi connectivity index (χ4n) is 1.27. The van der Waals surface area contributed by atoms with Gasteiger partial charge in [-0.25, -0.2) is 4.98 Å². The minimum atomic E-state index is -0.192. The van der Waals surface area contributed by atoms with E-state index in [-0.39, 0.29) is 5.60 Å². The fraction of sp³-hybridized carbons (Fsp3) is 0.692. The summed E-state index contributed by atoms with van der Waals surface area (Å²) in [7, 11) is 1.70. The van der Waals surface area contributed by atoms with Crippen molar-refractivity contribution >= 4 is 21.9 Å². The van der Waals surface area contributed by atoms with Gasteiger partial charge in [0.25, 0.3) is 0 Å². The number of anilines is 1. The lowest BCUT2D eigenvalue weighted by Gasteiger charge is -2.22. The van der Waals surface area contributed by atoms with E-state index in [1.54, 1.807) is 13.3 Å². The highest BCUT2D eigenvalue weighted by atomic mass is 79.9. The average Bonchev–Trinajstić information content (AvgIpc) is 2.39. The largest absolute Gasteiger partial charge is 0.477 e. The number of methoxy groups -OCH3 is 1. The van der Waals surface area contributed by atoms with Crippen molar-refractivity contribution < 1.29 is 9.47 Å². The number of nitrogens with one attached hydrogen (secondary N) is 1. The van der Waals surface area contributed by atoms with Crippen LogP contribution in [0.4, 0.5) is 5.95 Å². The van der Waals surface area contributed by atoms with Crippen LogP contribution >= 0.6 is 15.9 Å². The van der Waals surface area contributed by atoms with Gasteiger partial charge in [-0.05, 0) is 36.2 Å². The van der Waals surface area contributed by atoms with Crippen LogP contribution in [0.15, 0.2) is 10.7 Å². The van der Waals surface area contributed by atoms with Crippen molar-refractivity contribution in [3.63, 3.8) is 0 Å². The average molecular weight is 332 g/mol. The van der Waals surface area contributed by atoms with Crippen LogP contribution < -0.4 is 10.1 Å². The van der Waals surface area contributed by atoms with Gasteiger partial charge in [-0.2, -0.15) is 4.98 Å². The molecule has 0 saturated heterocycles. The van der Waals surface area contributed by atoms with Gasteiger partial charge in [0.2, 0.25) is 11.8 Å². The van der Waals surface area contributed by atoms with Gasteiger partial charge in [-0.1, -0.05) is 6.92 Å². The summed E-state index contributed by atoms with van der Waals surface area (Å²) in [6.45, 7) is 7.54. The van der Waals surface area contributed by atoms with Crippen molar-refractivity contribution in [2.45, 2.75) is 39.2 Å². The maximum atomic E-state index is 5.68.